The van der Waals surface area contributed by atoms with Gasteiger partial charge in [0.1, 0.15) is 10.9 Å². The minimum Gasteiger partial charge on any atom is -0.395 e. The number of hydrogen-bond acceptors (Lipinski definition) is 8. The molecular weight excluding hydrogens is 516 g/mol. The van der Waals surface area contributed by atoms with E-state index in [9.17, 15) is 14.4 Å². The van der Waals surface area contributed by atoms with Crippen LogP contribution in [0.4, 0.5) is 17.1 Å². The number of rotatable bonds is 9. The van der Waals surface area contributed by atoms with Gasteiger partial charge in [-0.2, -0.15) is 4.37 Å². The molecule has 10 nitrogen and oxygen atoms in total. The molecule has 0 radical (unpaired) electrons. The molecular formula is C28H34N6O4S. The summed E-state index contributed by atoms with van der Waals surface area (Å²) >= 11 is 0.784. The molecule has 2 heterocycles. The number of carbonyl (C=O) groups excluding carboxylic acids is 3. The first kappa shape index (κ1) is 28.1. The smallest absolute Gasteiger partial charge is 0.273 e. The first-order chi connectivity index (χ1) is 18.6. The van der Waals surface area contributed by atoms with Crippen molar-refractivity contribution in [1.29, 1.82) is 0 Å². The van der Waals surface area contributed by atoms with E-state index in [0.717, 1.165) is 41.2 Å². The highest BCUT2D eigenvalue weighted by atomic mass is 32.1. The van der Waals surface area contributed by atoms with Crippen LogP contribution >= 0.6 is 11.5 Å². The van der Waals surface area contributed by atoms with Crippen LogP contribution in [0.5, 0.6) is 0 Å². The molecule has 39 heavy (non-hydrogen) atoms. The molecule has 0 saturated carbocycles. The standard InChI is InChI=1S/C28H34N6O4S/c1-16-7-12-21(17(2)14-16)34(28(37)25-22(29)23(26(30)35)32-39-25)24(18-8-10-19(11-9-18)33(3)4)27(36)31-15-20-6-5-13-38-20/h7-12,14,20,24H,5-6,13,15,29H2,1-4H3,(H2,30,35)(H,31,36)/t20-,24+/m1/s1. The second kappa shape index (κ2) is 11.8. The highest BCUT2D eigenvalue weighted by Crippen LogP contribution is 2.35. The quantitative estimate of drug-likeness (QED) is 0.371. The zero-order valence-corrected chi connectivity index (χ0v) is 23.4. The molecule has 0 spiro atoms. The summed E-state index contributed by atoms with van der Waals surface area (Å²) in [6.07, 6.45) is 1.72. The Labute approximate surface area is 232 Å². The highest BCUT2D eigenvalue weighted by Gasteiger charge is 2.37. The average Bonchev–Trinajstić information content (AvgIpc) is 3.56. The van der Waals surface area contributed by atoms with Crippen molar-refractivity contribution in [3.8, 4) is 0 Å². The van der Waals surface area contributed by atoms with Gasteiger partial charge in [-0.05, 0) is 67.5 Å². The second-order valence-electron chi connectivity index (χ2n) is 9.87. The van der Waals surface area contributed by atoms with E-state index in [4.69, 9.17) is 16.2 Å². The van der Waals surface area contributed by atoms with Crippen molar-refractivity contribution in [3.05, 3.63) is 69.7 Å². The lowest BCUT2D eigenvalue weighted by molar-refractivity contribution is -0.123. The molecule has 1 saturated heterocycles. The van der Waals surface area contributed by atoms with Crippen LogP contribution in [0.25, 0.3) is 0 Å². The summed E-state index contributed by atoms with van der Waals surface area (Å²) in [5.41, 5.74) is 15.2. The van der Waals surface area contributed by atoms with Crippen LogP contribution in [0.3, 0.4) is 0 Å². The van der Waals surface area contributed by atoms with Gasteiger partial charge in [-0.15, -0.1) is 0 Å². The van der Waals surface area contributed by atoms with Crippen LogP contribution in [0.15, 0.2) is 42.5 Å². The molecule has 0 unspecified atom stereocenters. The number of nitrogen functional groups attached to an aromatic ring is 1. The van der Waals surface area contributed by atoms with E-state index < -0.39 is 17.9 Å². The van der Waals surface area contributed by atoms with Crippen LogP contribution < -0.4 is 26.6 Å². The Bertz CT molecular complexity index is 1360. The molecule has 0 bridgehead atoms. The van der Waals surface area contributed by atoms with Crippen LogP contribution in [-0.4, -0.2) is 55.4 Å². The number of aromatic nitrogens is 1. The number of primary amides is 1. The first-order valence-corrected chi connectivity index (χ1v) is 13.5. The number of benzene rings is 2. The van der Waals surface area contributed by atoms with Gasteiger partial charge in [-0.25, -0.2) is 0 Å². The van der Waals surface area contributed by atoms with Gasteiger partial charge in [0.05, 0.1) is 11.8 Å². The van der Waals surface area contributed by atoms with Crippen molar-refractivity contribution in [2.45, 2.75) is 38.8 Å². The molecule has 5 N–H and O–H groups in total. The monoisotopic (exact) mass is 550 g/mol. The zero-order chi connectivity index (χ0) is 28.3. The Morgan fingerprint density at radius 1 is 1.15 bits per heavy atom. The number of carbonyl (C=O) groups is 3. The molecule has 4 rings (SSSR count). The van der Waals surface area contributed by atoms with Gasteiger partial charge in [0.25, 0.3) is 11.8 Å². The van der Waals surface area contributed by atoms with E-state index in [1.807, 2.05) is 75.3 Å². The lowest BCUT2D eigenvalue weighted by atomic mass is 10.00. The molecule has 3 amide bonds. The summed E-state index contributed by atoms with van der Waals surface area (Å²) in [6.45, 7) is 4.82. The van der Waals surface area contributed by atoms with Crippen LogP contribution in [-0.2, 0) is 9.53 Å². The third-order valence-corrected chi connectivity index (χ3v) is 7.60. The number of hydrogen-bond donors (Lipinski definition) is 3. The third-order valence-electron chi connectivity index (χ3n) is 6.75. The number of aryl methyl sites for hydroxylation is 2. The number of amides is 3. The van der Waals surface area contributed by atoms with E-state index in [0.29, 0.717) is 24.4 Å². The van der Waals surface area contributed by atoms with E-state index in [1.54, 1.807) is 0 Å². The van der Waals surface area contributed by atoms with Crippen molar-refractivity contribution in [2.75, 3.05) is 42.8 Å². The van der Waals surface area contributed by atoms with E-state index >= 15 is 0 Å². The van der Waals surface area contributed by atoms with Gasteiger partial charge in [0.2, 0.25) is 5.91 Å². The SMILES string of the molecule is Cc1ccc(N(C(=O)c2snc(C(N)=O)c2N)[C@H](C(=O)NC[C@H]2CCCO2)c2ccc(N(C)C)cc2)c(C)c1. The lowest BCUT2D eigenvalue weighted by Gasteiger charge is -2.33. The topological polar surface area (TPSA) is 144 Å². The molecule has 1 fully saturated rings. The minimum atomic E-state index is -1.05. The maximum atomic E-state index is 14.2. The Balaban J connectivity index is 1.85. The number of anilines is 3. The molecule has 11 heteroatoms. The Morgan fingerprint density at radius 2 is 1.87 bits per heavy atom. The van der Waals surface area contributed by atoms with Crippen LogP contribution in [0.2, 0.25) is 0 Å². The summed E-state index contributed by atoms with van der Waals surface area (Å²) in [5.74, 6) is -1.75. The van der Waals surface area contributed by atoms with E-state index in [2.05, 4.69) is 9.69 Å². The van der Waals surface area contributed by atoms with Crippen molar-refractivity contribution in [3.63, 3.8) is 0 Å². The third kappa shape index (κ3) is 6.04. The van der Waals surface area contributed by atoms with Crippen molar-refractivity contribution in [1.82, 2.24) is 9.69 Å². The van der Waals surface area contributed by atoms with Crippen molar-refractivity contribution < 1.29 is 19.1 Å². The molecule has 0 aliphatic carbocycles. The number of nitrogens with one attached hydrogen (secondary N) is 1. The fourth-order valence-corrected chi connectivity index (χ4v) is 5.41. The first-order valence-electron chi connectivity index (χ1n) is 12.7. The Hall–Kier alpha value is -3.96. The predicted octanol–water partition coefficient (Wildman–Crippen LogP) is 3.19. The number of nitrogens with two attached hydrogens (primary N) is 2. The number of nitrogens with zero attached hydrogens (tertiary/aromatic N) is 3. The molecule has 3 aromatic rings. The molecule has 2 atom stereocenters. The second-order valence-corrected chi connectivity index (χ2v) is 10.6. The summed E-state index contributed by atoms with van der Waals surface area (Å²) in [7, 11) is 3.85. The van der Waals surface area contributed by atoms with Crippen LogP contribution in [0.1, 0.15) is 55.7 Å². The number of ether oxygens (including phenoxy) is 1. The average molecular weight is 551 g/mol. The van der Waals surface area contributed by atoms with Gasteiger partial charge in [0, 0.05) is 38.6 Å². The van der Waals surface area contributed by atoms with E-state index in [-0.39, 0.29) is 28.3 Å². The molecule has 2 aromatic carbocycles. The van der Waals surface area contributed by atoms with Gasteiger partial charge in [-0.1, -0.05) is 29.8 Å². The molecule has 1 aliphatic rings. The van der Waals surface area contributed by atoms with Gasteiger partial charge >= 0.3 is 0 Å². The fraction of sp³-hybridized carbons (Fsp3) is 0.357. The highest BCUT2D eigenvalue weighted by molar-refractivity contribution is 7.09. The lowest BCUT2D eigenvalue weighted by Crippen LogP contribution is -2.46. The summed E-state index contributed by atoms with van der Waals surface area (Å²) in [6, 6.07) is 12.0. The zero-order valence-electron chi connectivity index (χ0n) is 22.6. The maximum Gasteiger partial charge on any atom is 0.273 e. The van der Waals surface area contributed by atoms with Crippen molar-refractivity contribution in [2.24, 2.45) is 5.73 Å². The maximum absolute atomic E-state index is 14.2. The van der Waals surface area contributed by atoms with Gasteiger partial charge < -0.3 is 26.4 Å². The van der Waals surface area contributed by atoms with Gasteiger partial charge in [0.15, 0.2) is 5.69 Å². The predicted molar refractivity (Wildman–Crippen MR) is 153 cm³/mol. The summed E-state index contributed by atoms with van der Waals surface area (Å²) in [4.78, 5) is 43.4. The fourth-order valence-electron chi connectivity index (χ4n) is 4.67. The minimum absolute atomic E-state index is 0.0330. The van der Waals surface area contributed by atoms with E-state index in [1.165, 1.54) is 4.90 Å². The largest absolute Gasteiger partial charge is 0.395 e. The molecule has 1 aromatic heterocycles. The summed E-state index contributed by atoms with van der Waals surface area (Å²) < 4.78 is 9.72. The Morgan fingerprint density at radius 3 is 2.44 bits per heavy atom. The normalized spacial score (nSPS) is 15.5. The van der Waals surface area contributed by atoms with Crippen LogP contribution in [0, 0.1) is 13.8 Å². The molecule has 206 valence electrons. The Kier molecular flexibility index (Phi) is 8.51. The molecule has 1 aliphatic heterocycles. The van der Waals surface area contributed by atoms with Gasteiger partial charge in [-0.3, -0.25) is 19.3 Å². The summed E-state index contributed by atoms with van der Waals surface area (Å²) in [5, 5.41) is 3.00. The van der Waals surface area contributed by atoms with Crippen molar-refractivity contribution >= 4 is 46.3 Å².